The van der Waals surface area contributed by atoms with Gasteiger partial charge < -0.3 is 5.32 Å². The maximum absolute atomic E-state index is 12.0. The zero-order valence-corrected chi connectivity index (χ0v) is 11.8. The van der Waals surface area contributed by atoms with Crippen LogP contribution in [-0.4, -0.2) is 16.4 Å². The van der Waals surface area contributed by atoms with Crippen LogP contribution in [0.1, 0.15) is 10.4 Å². The predicted octanol–water partition coefficient (Wildman–Crippen LogP) is 3.33. The molecule has 0 heterocycles. The molecule has 0 aliphatic heterocycles. The number of benzene rings is 2. The van der Waals surface area contributed by atoms with Gasteiger partial charge in [-0.25, -0.2) is 0 Å². The first-order chi connectivity index (χ1) is 9.06. The molecule has 98 valence electrons. The van der Waals surface area contributed by atoms with Gasteiger partial charge in [0.25, 0.3) is 5.91 Å². The third-order valence-electron chi connectivity index (χ3n) is 2.53. The standard InChI is InChI=1S/C14H12ClNO2S/c1-19(18)13-7-5-10(6-8-13)14(17)16-12-4-2-3-11(15)9-12/h2-9H,1H3,(H,16,17)/t19-/m1/s1. The Balaban J connectivity index is 2.14. The molecular formula is C14H12ClNO2S. The van der Waals surface area contributed by atoms with E-state index in [1.807, 2.05) is 0 Å². The Morgan fingerprint density at radius 2 is 1.84 bits per heavy atom. The summed E-state index contributed by atoms with van der Waals surface area (Å²) in [6.07, 6.45) is 1.60. The van der Waals surface area contributed by atoms with Gasteiger partial charge in [-0.3, -0.25) is 9.00 Å². The highest BCUT2D eigenvalue weighted by Gasteiger charge is 2.07. The number of halogens is 1. The fourth-order valence-corrected chi connectivity index (χ4v) is 2.28. The van der Waals surface area contributed by atoms with Crippen LogP contribution in [0.15, 0.2) is 53.4 Å². The summed E-state index contributed by atoms with van der Waals surface area (Å²) in [4.78, 5) is 12.7. The van der Waals surface area contributed by atoms with Gasteiger partial charge in [-0.1, -0.05) is 17.7 Å². The van der Waals surface area contributed by atoms with Crippen LogP contribution in [0.25, 0.3) is 0 Å². The minimum Gasteiger partial charge on any atom is -0.322 e. The van der Waals surface area contributed by atoms with E-state index in [0.717, 1.165) is 0 Å². The van der Waals surface area contributed by atoms with Gasteiger partial charge in [-0.2, -0.15) is 0 Å². The zero-order valence-electron chi connectivity index (χ0n) is 10.2. The van der Waals surface area contributed by atoms with Crippen molar-refractivity contribution in [3.8, 4) is 0 Å². The summed E-state index contributed by atoms with van der Waals surface area (Å²) in [6, 6.07) is 13.6. The fraction of sp³-hybridized carbons (Fsp3) is 0.0714. The van der Waals surface area contributed by atoms with E-state index in [4.69, 9.17) is 11.6 Å². The SMILES string of the molecule is C[S@@](=O)c1ccc(C(=O)Nc2cccc(Cl)c2)cc1. The summed E-state index contributed by atoms with van der Waals surface area (Å²) in [7, 11) is -1.04. The number of amides is 1. The minimum atomic E-state index is -1.04. The maximum Gasteiger partial charge on any atom is 0.255 e. The molecule has 1 amide bonds. The summed E-state index contributed by atoms with van der Waals surface area (Å²) in [5, 5.41) is 3.31. The number of hydrogen-bond acceptors (Lipinski definition) is 2. The Labute approximate surface area is 119 Å². The van der Waals surface area contributed by atoms with Crippen LogP contribution in [0.3, 0.4) is 0 Å². The summed E-state index contributed by atoms with van der Waals surface area (Å²) in [6.45, 7) is 0. The van der Waals surface area contributed by atoms with E-state index < -0.39 is 10.8 Å². The second-order valence-corrected chi connectivity index (χ2v) is 5.76. The van der Waals surface area contributed by atoms with Crippen LogP contribution in [0, 0.1) is 0 Å². The molecule has 3 nitrogen and oxygen atoms in total. The van der Waals surface area contributed by atoms with E-state index in [2.05, 4.69) is 5.32 Å². The minimum absolute atomic E-state index is 0.226. The first-order valence-corrected chi connectivity index (χ1v) is 7.50. The third kappa shape index (κ3) is 3.66. The van der Waals surface area contributed by atoms with Crippen molar-refractivity contribution < 1.29 is 9.00 Å². The topological polar surface area (TPSA) is 46.2 Å². The lowest BCUT2D eigenvalue weighted by Crippen LogP contribution is -2.11. The zero-order chi connectivity index (χ0) is 13.8. The number of carbonyl (C=O) groups is 1. The largest absolute Gasteiger partial charge is 0.322 e. The first kappa shape index (κ1) is 13.8. The van der Waals surface area contributed by atoms with E-state index in [1.165, 1.54) is 0 Å². The van der Waals surface area contributed by atoms with Crippen molar-refractivity contribution in [2.24, 2.45) is 0 Å². The number of hydrogen-bond donors (Lipinski definition) is 1. The number of carbonyl (C=O) groups excluding carboxylic acids is 1. The lowest BCUT2D eigenvalue weighted by Gasteiger charge is -2.06. The van der Waals surface area contributed by atoms with Crippen LogP contribution in [0.5, 0.6) is 0 Å². The monoisotopic (exact) mass is 293 g/mol. The Bertz CT molecular complexity index is 626. The van der Waals surface area contributed by atoms with Crippen molar-refractivity contribution in [1.29, 1.82) is 0 Å². The molecule has 0 spiro atoms. The number of anilines is 1. The molecule has 2 rings (SSSR count). The highest BCUT2D eigenvalue weighted by atomic mass is 35.5. The molecule has 1 N–H and O–H groups in total. The quantitative estimate of drug-likeness (QED) is 0.943. The van der Waals surface area contributed by atoms with Crippen molar-refractivity contribution in [1.82, 2.24) is 0 Å². The molecule has 0 saturated carbocycles. The lowest BCUT2D eigenvalue weighted by atomic mass is 10.2. The molecule has 0 aliphatic rings. The number of nitrogens with one attached hydrogen (secondary N) is 1. The highest BCUT2D eigenvalue weighted by molar-refractivity contribution is 7.84. The molecule has 1 atom stereocenters. The van der Waals surface area contributed by atoms with Crippen LogP contribution >= 0.6 is 11.6 Å². The molecule has 0 aliphatic carbocycles. The van der Waals surface area contributed by atoms with Gasteiger partial charge in [-0.15, -0.1) is 0 Å². The van der Waals surface area contributed by atoms with Gasteiger partial charge in [0.2, 0.25) is 0 Å². The van der Waals surface area contributed by atoms with Gasteiger partial charge in [-0.05, 0) is 42.5 Å². The van der Waals surface area contributed by atoms with E-state index in [0.29, 0.717) is 21.2 Å². The molecular weight excluding hydrogens is 282 g/mol. The second-order valence-electron chi connectivity index (χ2n) is 3.94. The van der Waals surface area contributed by atoms with Crippen molar-refractivity contribution in [2.45, 2.75) is 4.90 Å². The van der Waals surface area contributed by atoms with Crippen molar-refractivity contribution >= 4 is 34.0 Å². The average molecular weight is 294 g/mol. The van der Waals surface area contributed by atoms with Crippen molar-refractivity contribution in [3.63, 3.8) is 0 Å². The Kier molecular flexibility index (Phi) is 4.35. The Hall–Kier alpha value is -1.65. The van der Waals surface area contributed by atoms with E-state index in [1.54, 1.807) is 54.8 Å². The predicted molar refractivity (Wildman–Crippen MR) is 78.2 cm³/mol. The van der Waals surface area contributed by atoms with Gasteiger partial charge in [0, 0.05) is 38.2 Å². The van der Waals surface area contributed by atoms with Crippen molar-refractivity contribution in [2.75, 3.05) is 11.6 Å². The van der Waals surface area contributed by atoms with Crippen molar-refractivity contribution in [3.05, 3.63) is 59.1 Å². The third-order valence-corrected chi connectivity index (χ3v) is 3.70. The van der Waals surface area contributed by atoms with Crippen LogP contribution in [-0.2, 0) is 10.8 Å². The smallest absolute Gasteiger partial charge is 0.255 e. The molecule has 0 radical (unpaired) electrons. The van der Waals surface area contributed by atoms with Gasteiger partial charge in [0.15, 0.2) is 0 Å². The second kappa shape index (κ2) is 5.99. The average Bonchev–Trinajstić information content (AvgIpc) is 2.39. The molecule has 2 aromatic carbocycles. The van der Waals surface area contributed by atoms with Crippen LogP contribution in [0.2, 0.25) is 5.02 Å². The highest BCUT2D eigenvalue weighted by Crippen LogP contribution is 2.16. The Morgan fingerprint density at radius 1 is 1.16 bits per heavy atom. The van der Waals surface area contributed by atoms with Crippen LogP contribution in [0.4, 0.5) is 5.69 Å². The number of rotatable bonds is 3. The summed E-state index contributed by atoms with van der Waals surface area (Å²) >= 11 is 5.84. The summed E-state index contributed by atoms with van der Waals surface area (Å²) in [5.74, 6) is -0.226. The van der Waals surface area contributed by atoms with Gasteiger partial charge in [0.1, 0.15) is 0 Å². The normalized spacial score (nSPS) is 11.9. The van der Waals surface area contributed by atoms with E-state index >= 15 is 0 Å². The molecule has 5 heteroatoms. The summed E-state index contributed by atoms with van der Waals surface area (Å²) in [5.41, 5.74) is 1.15. The lowest BCUT2D eigenvalue weighted by molar-refractivity contribution is 0.102. The van der Waals surface area contributed by atoms with Crippen LogP contribution < -0.4 is 5.32 Å². The van der Waals surface area contributed by atoms with E-state index in [9.17, 15) is 9.00 Å². The maximum atomic E-state index is 12.0. The molecule has 0 unspecified atom stereocenters. The van der Waals surface area contributed by atoms with E-state index in [-0.39, 0.29) is 5.91 Å². The molecule has 19 heavy (non-hydrogen) atoms. The van der Waals surface area contributed by atoms with Gasteiger partial charge >= 0.3 is 0 Å². The van der Waals surface area contributed by atoms with Gasteiger partial charge in [0.05, 0.1) is 0 Å². The molecule has 0 aromatic heterocycles. The summed E-state index contributed by atoms with van der Waals surface area (Å²) < 4.78 is 11.3. The fourth-order valence-electron chi connectivity index (χ4n) is 1.57. The molecule has 0 bridgehead atoms. The molecule has 0 fully saturated rings. The first-order valence-electron chi connectivity index (χ1n) is 5.56. The Morgan fingerprint density at radius 3 is 2.42 bits per heavy atom. The molecule has 2 aromatic rings. The molecule has 0 saturated heterocycles.